The quantitative estimate of drug-likeness (QED) is 0.261. The summed E-state index contributed by atoms with van der Waals surface area (Å²) in [6.07, 6.45) is -16.7. The summed E-state index contributed by atoms with van der Waals surface area (Å²) in [5.41, 5.74) is -10.3. The Morgan fingerprint density at radius 1 is 0.935 bits per heavy atom. The maximum Gasteiger partial charge on any atom is 0.465 e. The molecule has 16 heteroatoms. The Morgan fingerprint density at radius 3 is 1.68 bits per heavy atom. The lowest BCUT2D eigenvalue weighted by Crippen LogP contribution is -2.75. The summed E-state index contributed by atoms with van der Waals surface area (Å²) >= 11 is 0. The van der Waals surface area contributed by atoms with Crippen LogP contribution in [0.1, 0.15) is 39.0 Å². The smallest absolute Gasteiger partial charge is 0.451 e. The highest BCUT2D eigenvalue weighted by atomic mass is 32.2. The van der Waals surface area contributed by atoms with E-state index < -0.39 is 82.1 Å². The van der Waals surface area contributed by atoms with Gasteiger partial charge in [0.2, 0.25) is 0 Å². The minimum absolute atomic E-state index is 0.0628. The molecule has 1 aliphatic rings. The van der Waals surface area contributed by atoms with Crippen molar-refractivity contribution in [3.63, 3.8) is 0 Å². The summed E-state index contributed by atoms with van der Waals surface area (Å²) in [5.74, 6) is -5.63. The van der Waals surface area contributed by atoms with Crippen LogP contribution in [0.4, 0.5) is 35.1 Å². The second-order valence-corrected chi connectivity index (χ2v) is 8.25. The van der Waals surface area contributed by atoms with Gasteiger partial charge >= 0.3 is 45.3 Å². The lowest BCUT2D eigenvalue weighted by Gasteiger charge is -2.50. The predicted octanol–water partition coefficient (Wildman–Crippen LogP) is 3.70. The summed E-state index contributed by atoms with van der Waals surface area (Å²) in [6.45, 7) is 3.89. The number of ether oxygens (including phenoxy) is 2. The maximum absolute atomic E-state index is 13.9. The second kappa shape index (κ2) is 8.18. The molecule has 180 valence electrons. The van der Waals surface area contributed by atoms with Crippen LogP contribution < -0.4 is 0 Å². The molecule has 0 radical (unpaired) electrons. The Hall–Kier alpha value is -1.97. The van der Waals surface area contributed by atoms with E-state index in [2.05, 4.69) is 16.1 Å². The first-order valence-electron chi connectivity index (χ1n) is 8.27. The van der Waals surface area contributed by atoms with E-state index in [-0.39, 0.29) is 6.42 Å². The first-order chi connectivity index (χ1) is 13.7. The van der Waals surface area contributed by atoms with Gasteiger partial charge in [-0.05, 0) is 32.6 Å². The van der Waals surface area contributed by atoms with E-state index in [1.165, 1.54) is 0 Å². The molecular weight excluding hydrogens is 476 g/mol. The standard InChI is InChI=1S/C15H16F8O7S/c1-8(2)9(24)29-11(6-4-3-5-7-11)13(14(18,19)20,15(21,22)23)30-10(25)12(16,17)31(26,27)28/h1,3-7H2,2H3,(H,26,27,28). The molecule has 0 aromatic carbocycles. The molecule has 0 spiro atoms. The van der Waals surface area contributed by atoms with Gasteiger partial charge in [0.1, 0.15) is 0 Å². The highest BCUT2D eigenvalue weighted by Crippen LogP contribution is 2.58. The fourth-order valence-electron chi connectivity index (χ4n) is 3.10. The van der Waals surface area contributed by atoms with Gasteiger partial charge in [-0.15, -0.1) is 0 Å². The number of carbonyl (C=O) groups is 2. The van der Waals surface area contributed by atoms with E-state index in [9.17, 15) is 53.1 Å². The zero-order valence-electron chi connectivity index (χ0n) is 15.6. The van der Waals surface area contributed by atoms with Crippen LogP contribution in [0.3, 0.4) is 0 Å². The van der Waals surface area contributed by atoms with Crippen molar-refractivity contribution in [3.8, 4) is 0 Å². The molecule has 1 aliphatic carbocycles. The van der Waals surface area contributed by atoms with Crippen LogP contribution in [0.5, 0.6) is 0 Å². The zero-order chi connectivity index (χ0) is 24.7. The van der Waals surface area contributed by atoms with Gasteiger partial charge in [-0.2, -0.15) is 43.5 Å². The monoisotopic (exact) mass is 492 g/mol. The Morgan fingerprint density at radius 2 is 1.35 bits per heavy atom. The number of alkyl halides is 8. The van der Waals surface area contributed by atoms with Crippen molar-refractivity contribution < 1.29 is 67.2 Å². The molecule has 1 fully saturated rings. The molecule has 0 bridgehead atoms. The van der Waals surface area contributed by atoms with Gasteiger partial charge in [-0.1, -0.05) is 13.0 Å². The Labute approximate surface area is 170 Å². The van der Waals surface area contributed by atoms with E-state index >= 15 is 0 Å². The van der Waals surface area contributed by atoms with Gasteiger partial charge in [0, 0.05) is 5.57 Å². The summed E-state index contributed by atoms with van der Waals surface area (Å²) < 4.78 is 148. The molecule has 7 nitrogen and oxygen atoms in total. The van der Waals surface area contributed by atoms with Gasteiger partial charge in [0.15, 0.2) is 5.60 Å². The Bertz CT molecular complexity index is 824. The molecule has 0 aromatic rings. The van der Waals surface area contributed by atoms with Crippen LogP contribution in [0.15, 0.2) is 12.2 Å². The molecule has 1 saturated carbocycles. The lowest BCUT2D eigenvalue weighted by molar-refractivity contribution is -0.417. The fourth-order valence-corrected chi connectivity index (χ4v) is 3.36. The van der Waals surface area contributed by atoms with Gasteiger partial charge in [-0.3, -0.25) is 4.55 Å². The third-order valence-electron chi connectivity index (χ3n) is 4.55. The van der Waals surface area contributed by atoms with Gasteiger partial charge in [-0.25, -0.2) is 9.59 Å². The van der Waals surface area contributed by atoms with Crippen LogP contribution in [0, 0.1) is 0 Å². The van der Waals surface area contributed by atoms with E-state index in [0.717, 1.165) is 6.92 Å². The normalized spacial score (nSPS) is 18.3. The van der Waals surface area contributed by atoms with Crippen LogP contribution in [-0.4, -0.2) is 53.7 Å². The lowest BCUT2D eigenvalue weighted by atomic mass is 9.71. The molecule has 0 saturated heterocycles. The van der Waals surface area contributed by atoms with E-state index in [4.69, 9.17) is 4.55 Å². The number of halogens is 8. The van der Waals surface area contributed by atoms with Crippen LogP contribution in [0.25, 0.3) is 0 Å². The highest BCUT2D eigenvalue weighted by molar-refractivity contribution is 7.87. The first kappa shape index (κ1) is 27.1. The van der Waals surface area contributed by atoms with Gasteiger partial charge in [0.25, 0.3) is 0 Å². The van der Waals surface area contributed by atoms with Gasteiger partial charge < -0.3 is 9.47 Å². The Balaban J connectivity index is 3.89. The van der Waals surface area contributed by atoms with E-state index in [1.807, 2.05) is 0 Å². The molecule has 0 aromatic heterocycles. The van der Waals surface area contributed by atoms with Crippen molar-refractivity contribution in [1.82, 2.24) is 0 Å². The first-order valence-corrected chi connectivity index (χ1v) is 9.71. The van der Waals surface area contributed by atoms with Crippen molar-refractivity contribution in [1.29, 1.82) is 0 Å². The molecule has 0 aliphatic heterocycles. The van der Waals surface area contributed by atoms with Crippen LogP contribution >= 0.6 is 0 Å². The molecule has 31 heavy (non-hydrogen) atoms. The van der Waals surface area contributed by atoms with Crippen LogP contribution in [-0.2, 0) is 29.2 Å². The summed E-state index contributed by atoms with van der Waals surface area (Å²) in [5, 5.41) is -6.19. The van der Waals surface area contributed by atoms with Crippen molar-refractivity contribution in [2.75, 3.05) is 0 Å². The minimum atomic E-state index is -6.82. The molecule has 0 amide bonds. The second-order valence-electron chi connectivity index (χ2n) is 6.78. The molecule has 0 atom stereocenters. The topological polar surface area (TPSA) is 107 Å². The van der Waals surface area contributed by atoms with E-state index in [0.29, 0.717) is 0 Å². The summed E-state index contributed by atoms with van der Waals surface area (Å²) in [6, 6.07) is 0. The number of carbonyl (C=O) groups excluding carboxylic acids is 2. The van der Waals surface area contributed by atoms with Crippen molar-refractivity contribution >= 4 is 22.1 Å². The number of hydrogen-bond donors (Lipinski definition) is 1. The average Bonchev–Trinajstić information content (AvgIpc) is 2.56. The maximum atomic E-state index is 13.9. The predicted molar refractivity (Wildman–Crippen MR) is 84.2 cm³/mol. The SMILES string of the molecule is C=C(C)C(=O)OC1(C(OC(=O)C(F)(F)S(=O)(=O)O)(C(F)(F)F)C(F)(F)F)CCCCC1. The average molecular weight is 492 g/mol. The molecule has 1 rings (SSSR count). The molecule has 0 unspecified atom stereocenters. The third-order valence-corrected chi connectivity index (χ3v) is 5.36. The van der Waals surface area contributed by atoms with Crippen molar-refractivity contribution in [3.05, 3.63) is 12.2 Å². The molecule has 0 heterocycles. The molecular formula is C15H16F8O7S. The van der Waals surface area contributed by atoms with Crippen molar-refractivity contribution in [2.24, 2.45) is 0 Å². The zero-order valence-corrected chi connectivity index (χ0v) is 16.4. The molecule has 1 N–H and O–H groups in total. The Kier molecular flexibility index (Phi) is 7.14. The number of rotatable bonds is 6. The minimum Gasteiger partial charge on any atom is -0.451 e. The largest absolute Gasteiger partial charge is 0.465 e. The fraction of sp³-hybridized carbons (Fsp3) is 0.733. The third kappa shape index (κ3) is 4.63. The van der Waals surface area contributed by atoms with Gasteiger partial charge in [0.05, 0.1) is 0 Å². The van der Waals surface area contributed by atoms with E-state index in [1.54, 1.807) is 0 Å². The van der Waals surface area contributed by atoms with Crippen molar-refractivity contribution in [2.45, 2.75) is 67.8 Å². The number of esters is 2. The van der Waals surface area contributed by atoms with Crippen LogP contribution in [0.2, 0.25) is 0 Å². The summed E-state index contributed by atoms with van der Waals surface area (Å²) in [7, 11) is -6.82. The highest BCUT2D eigenvalue weighted by Gasteiger charge is 2.85. The number of hydrogen-bond acceptors (Lipinski definition) is 6. The summed E-state index contributed by atoms with van der Waals surface area (Å²) in [4.78, 5) is 23.4.